The first-order valence-electron chi connectivity index (χ1n) is 9.80. The van der Waals surface area contributed by atoms with Crippen LogP contribution in [-0.2, 0) is 4.79 Å². The maximum Gasteiger partial charge on any atom is 0.283 e. The van der Waals surface area contributed by atoms with Crippen LogP contribution in [0.25, 0.3) is 6.08 Å². The number of carbonyl (C=O) groups is 1. The number of nitriles is 1. The van der Waals surface area contributed by atoms with Crippen molar-refractivity contribution in [3.63, 3.8) is 0 Å². The third-order valence-corrected chi connectivity index (χ3v) is 5.82. The smallest absolute Gasteiger partial charge is 0.283 e. The van der Waals surface area contributed by atoms with Crippen LogP contribution in [0.5, 0.6) is 0 Å². The minimum absolute atomic E-state index is 0.0865. The fourth-order valence-electron chi connectivity index (χ4n) is 2.96. The first-order chi connectivity index (χ1) is 15.3. The monoisotopic (exact) mass is 443 g/mol. The molecular weight excluding hydrogens is 422 g/mol. The number of benzene rings is 3. The van der Waals surface area contributed by atoms with Gasteiger partial charge in [-0.2, -0.15) is 5.26 Å². The van der Waals surface area contributed by atoms with Gasteiger partial charge in [0.05, 0.1) is 9.82 Å². The van der Waals surface area contributed by atoms with Gasteiger partial charge in [-0.15, -0.1) is 0 Å². The Labute approximate surface area is 190 Å². The largest absolute Gasteiger partial charge is 0.321 e. The molecule has 0 spiro atoms. The van der Waals surface area contributed by atoms with Crippen molar-refractivity contribution >= 4 is 35.1 Å². The lowest BCUT2D eigenvalue weighted by Crippen LogP contribution is -2.14. The first-order valence-corrected chi connectivity index (χ1v) is 10.6. The van der Waals surface area contributed by atoms with Crippen LogP contribution in [0.1, 0.15) is 22.3 Å². The van der Waals surface area contributed by atoms with Gasteiger partial charge in [0.25, 0.3) is 11.6 Å². The Morgan fingerprint density at radius 2 is 1.72 bits per heavy atom. The van der Waals surface area contributed by atoms with Gasteiger partial charge in [-0.25, -0.2) is 0 Å². The molecular formula is C25H21N3O3S. The van der Waals surface area contributed by atoms with E-state index in [0.29, 0.717) is 16.1 Å². The van der Waals surface area contributed by atoms with E-state index in [2.05, 4.69) is 5.32 Å². The topological polar surface area (TPSA) is 96.0 Å². The number of rotatable bonds is 6. The summed E-state index contributed by atoms with van der Waals surface area (Å²) in [5.74, 6) is -0.568. The van der Waals surface area contributed by atoms with E-state index in [1.165, 1.54) is 23.9 Å². The third-order valence-electron chi connectivity index (χ3n) is 4.75. The van der Waals surface area contributed by atoms with E-state index >= 15 is 0 Å². The fourth-order valence-corrected chi connectivity index (χ4v) is 3.86. The van der Waals surface area contributed by atoms with Crippen LogP contribution in [0.2, 0.25) is 0 Å². The number of hydrogen-bond acceptors (Lipinski definition) is 5. The average molecular weight is 444 g/mol. The standard InChI is InChI=1S/C25H21N3O3S/c1-16-5-9-21(10-6-16)32-24-11-8-19(14-23(24)28(30)31)13-20(15-26)25(29)27-22-12-17(2)4-7-18(22)3/h4-14H,1-3H3,(H,27,29)/b20-13-. The molecule has 3 aromatic carbocycles. The van der Waals surface area contributed by atoms with Crippen LogP contribution in [0, 0.1) is 42.2 Å². The summed E-state index contributed by atoms with van der Waals surface area (Å²) < 4.78 is 0. The summed E-state index contributed by atoms with van der Waals surface area (Å²) in [5, 5.41) is 23.9. The number of aryl methyl sites for hydroxylation is 3. The molecule has 32 heavy (non-hydrogen) atoms. The normalized spacial score (nSPS) is 11.0. The van der Waals surface area contributed by atoms with Crippen molar-refractivity contribution < 1.29 is 9.72 Å². The number of nitrogens with zero attached hydrogens (tertiary/aromatic N) is 2. The zero-order chi connectivity index (χ0) is 23.3. The van der Waals surface area contributed by atoms with Crippen molar-refractivity contribution in [3.8, 4) is 6.07 Å². The zero-order valence-electron chi connectivity index (χ0n) is 17.9. The highest BCUT2D eigenvalue weighted by Gasteiger charge is 2.17. The Bertz CT molecular complexity index is 1260. The maximum atomic E-state index is 12.6. The van der Waals surface area contributed by atoms with Crippen molar-refractivity contribution in [2.45, 2.75) is 30.6 Å². The lowest BCUT2D eigenvalue weighted by atomic mass is 10.1. The predicted molar refractivity (Wildman–Crippen MR) is 127 cm³/mol. The summed E-state index contributed by atoms with van der Waals surface area (Å²) in [6, 6.07) is 19.9. The molecule has 0 saturated heterocycles. The highest BCUT2D eigenvalue weighted by Crippen LogP contribution is 2.35. The van der Waals surface area contributed by atoms with E-state index in [1.54, 1.807) is 12.1 Å². The molecule has 1 N–H and O–H groups in total. The molecule has 3 aromatic rings. The zero-order valence-corrected chi connectivity index (χ0v) is 18.7. The van der Waals surface area contributed by atoms with Crippen LogP contribution in [-0.4, -0.2) is 10.8 Å². The van der Waals surface area contributed by atoms with Crippen LogP contribution in [0.3, 0.4) is 0 Å². The fraction of sp³-hybridized carbons (Fsp3) is 0.120. The van der Waals surface area contributed by atoms with Gasteiger partial charge in [0.15, 0.2) is 0 Å². The van der Waals surface area contributed by atoms with Gasteiger partial charge in [-0.3, -0.25) is 14.9 Å². The molecule has 0 saturated carbocycles. The molecule has 0 heterocycles. The summed E-state index contributed by atoms with van der Waals surface area (Å²) in [7, 11) is 0. The van der Waals surface area contributed by atoms with E-state index in [-0.39, 0.29) is 11.3 Å². The third kappa shape index (κ3) is 5.62. The molecule has 160 valence electrons. The van der Waals surface area contributed by atoms with Crippen molar-refractivity contribution in [2.75, 3.05) is 5.32 Å². The van der Waals surface area contributed by atoms with Crippen LogP contribution >= 0.6 is 11.8 Å². The molecule has 0 aromatic heterocycles. The first kappa shape index (κ1) is 22.8. The number of amides is 1. The predicted octanol–water partition coefficient (Wildman–Crippen LogP) is 6.22. The van der Waals surface area contributed by atoms with Crippen molar-refractivity contribution in [1.29, 1.82) is 5.26 Å². The molecule has 0 aliphatic heterocycles. The molecule has 0 fully saturated rings. The number of nitrogens with one attached hydrogen (secondary N) is 1. The van der Waals surface area contributed by atoms with Gasteiger partial charge in [0.2, 0.25) is 0 Å². The molecule has 7 heteroatoms. The Balaban J connectivity index is 1.88. The summed E-state index contributed by atoms with van der Waals surface area (Å²) in [5.41, 5.74) is 3.74. The van der Waals surface area contributed by atoms with Gasteiger partial charge < -0.3 is 5.32 Å². The SMILES string of the molecule is Cc1ccc(Sc2ccc(/C=C(/C#N)C(=O)Nc3cc(C)ccc3C)cc2[N+](=O)[O-])cc1. The van der Waals surface area contributed by atoms with Crippen LogP contribution in [0.15, 0.2) is 76.0 Å². The van der Waals surface area contributed by atoms with Crippen molar-refractivity contribution in [2.24, 2.45) is 0 Å². The number of hydrogen-bond donors (Lipinski definition) is 1. The number of anilines is 1. The molecule has 3 rings (SSSR count). The minimum atomic E-state index is -0.568. The molecule has 0 aliphatic carbocycles. The van der Waals surface area contributed by atoms with E-state index in [9.17, 15) is 20.2 Å². The Kier molecular flexibility index (Phi) is 7.08. The highest BCUT2D eigenvalue weighted by atomic mass is 32.2. The summed E-state index contributed by atoms with van der Waals surface area (Å²) in [6.45, 7) is 5.74. The lowest BCUT2D eigenvalue weighted by Gasteiger charge is -2.09. The molecule has 0 aliphatic rings. The summed E-state index contributed by atoms with van der Waals surface area (Å²) >= 11 is 1.29. The van der Waals surface area contributed by atoms with Gasteiger partial charge in [0.1, 0.15) is 11.6 Å². The Morgan fingerprint density at radius 1 is 1.03 bits per heavy atom. The lowest BCUT2D eigenvalue weighted by molar-refractivity contribution is -0.387. The molecule has 1 amide bonds. The second-order valence-electron chi connectivity index (χ2n) is 7.34. The van der Waals surface area contributed by atoms with E-state index < -0.39 is 10.8 Å². The molecule has 0 radical (unpaired) electrons. The Hall–Kier alpha value is -3.89. The van der Waals surface area contributed by atoms with Gasteiger partial charge >= 0.3 is 0 Å². The second kappa shape index (κ2) is 9.94. The molecule has 0 unspecified atom stereocenters. The minimum Gasteiger partial charge on any atom is -0.321 e. The van der Waals surface area contributed by atoms with Crippen molar-refractivity contribution in [3.05, 3.63) is 98.6 Å². The van der Waals surface area contributed by atoms with Crippen molar-refractivity contribution in [1.82, 2.24) is 0 Å². The number of nitro groups is 1. The quantitative estimate of drug-likeness (QED) is 0.211. The summed E-state index contributed by atoms with van der Waals surface area (Å²) in [4.78, 5) is 25.2. The van der Waals surface area contributed by atoms with Crippen LogP contribution < -0.4 is 5.32 Å². The van der Waals surface area contributed by atoms with E-state index in [0.717, 1.165) is 21.6 Å². The van der Waals surface area contributed by atoms with Gasteiger partial charge in [-0.05, 0) is 67.8 Å². The molecule has 0 atom stereocenters. The number of carbonyl (C=O) groups excluding carboxylic acids is 1. The van der Waals surface area contributed by atoms with E-state index in [4.69, 9.17) is 0 Å². The van der Waals surface area contributed by atoms with Crippen LogP contribution in [0.4, 0.5) is 11.4 Å². The molecule has 0 bridgehead atoms. The highest BCUT2D eigenvalue weighted by molar-refractivity contribution is 7.99. The second-order valence-corrected chi connectivity index (χ2v) is 8.46. The maximum absolute atomic E-state index is 12.6. The molecule has 6 nitrogen and oxygen atoms in total. The van der Waals surface area contributed by atoms with E-state index in [1.807, 2.05) is 69.3 Å². The number of nitro benzene ring substituents is 1. The average Bonchev–Trinajstić information content (AvgIpc) is 2.76. The van der Waals surface area contributed by atoms with Gasteiger partial charge in [0, 0.05) is 16.6 Å². The summed E-state index contributed by atoms with van der Waals surface area (Å²) in [6.07, 6.45) is 1.35. The Morgan fingerprint density at radius 3 is 2.38 bits per heavy atom. The van der Waals surface area contributed by atoms with Gasteiger partial charge in [-0.1, -0.05) is 47.7 Å².